The fourth-order valence-electron chi connectivity index (χ4n) is 1.50. The summed E-state index contributed by atoms with van der Waals surface area (Å²) in [6.07, 6.45) is 0. The van der Waals surface area contributed by atoms with E-state index in [1.165, 1.54) is 23.1 Å². The third kappa shape index (κ3) is 4.05. The summed E-state index contributed by atoms with van der Waals surface area (Å²) >= 11 is 11.8. The van der Waals surface area contributed by atoms with E-state index in [0.717, 1.165) is 0 Å². The van der Waals surface area contributed by atoms with Gasteiger partial charge in [0, 0.05) is 25.7 Å². The summed E-state index contributed by atoms with van der Waals surface area (Å²) in [6.45, 7) is 0.668. The first kappa shape index (κ1) is 15.1. The fraction of sp³-hybridized carbons (Fsp3) is 0.417. The van der Waals surface area contributed by atoms with Crippen LogP contribution in [0.2, 0.25) is 5.02 Å². The van der Waals surface area contributed by atoms with E-state index in [0.29, 0.717) is 18.2 Å². The van der Waals surface area contributed by atoms with Gasteiger partial charge in [0.2, 0.25) is 0 Å². The zero-order valence-electron chi connectivity index (χ0n) is 10.2. The molecule has 1 atom stereocenters. The van der Waals surface area contributed by atoms with Crippen LogP contribution in [0.3, 0.4) is 0 Å². The number of phenolic OH excluding ortho intramolecular Hbond substituents is 1. The Morgan fingerprint density at radius 3 is 2.83 bits per heavy atom. The number of methoxy groups -OCH3 is 1. The molecule has 0 saturated heterocycles. The smallest absolute Gasteiger partial charge is 0.257 e. The average molecular weight is 292 g/mol. The van der Waals surface area contributed by atoms with E-state index in [9.17, 15) is 9.90 Å². The first-order chi connectivity index (χ1) is 8.45. The van der Waals surface area contributed by atoms with Crippen molar-refractivity contribution in [3.8, 4) is 5.75 Å². The van der Waals surface area contributed by atoms with Crippen LogP contribution < -0.4 is 0 Å². The van der Waals surface area contributed by atoms with Crippen LogP contribution >= 0.6 is 23.2 Å². The number of halogens is 2. The second kappa shape index (κ2) is 6.83. The summed E-state index contributed by atoms with van der Waals surface area (Å²) in [4.78, 5) is 13.5. The zero-order chi connectivity index (χ0) is 13.7. The van der Waals surface area contributed by atoms with E-state index in [-0.39, 0.29) is 22.6 Å². The molecule has 100 valence electrons. The van der Waals surface area contributed by atoms with Crippen molar-refractivity contribution in [3.05, 3.63) is 28.8 Å². The number of aromatic hydroxyl groups is 1. The number of alkyl halides is 1. The molecular weight excluding hydrogens is 277 g/mol. The molecule has 6 heteroatoms. The topological polar surface area (TPSA) is 49.8 Å². The van der Waals surface area contributed by atoms with Gasteiger partial charge in [-0.3, -0.25) is 4.79 Å². The van der Waals surface area contributed by atoms with Gasteiger partial charge in [-0.05, 0) is 18.2 Å². The highest BCUT2D eigenvalue weighted by Crippen LogP contribution is 2.22. The van der Waals surface area contributed by atoms with Gasteiger partial charge in [-0.25, -0.2) is 0 Å². The Hall–Kier alpha value is -0.970. The molecule has 0 aromatic heterocycles. The number of amides is 1. The Labute approximate surface area is 116 Å². The molecule has 0 saturated carbocycles. The van der Waals surface area contributed by atoms with Gasteiger partial charge in [0.15, 0.2) is 0 Å². The highest BCUT2D eigenvalue weighted by Gasteiger charge is 2.18. The molecule has 0 aliphatic carbocycles. The van der Waals surface area contributed by atoms with Crippen molar-refractivity contribution in [1.82, 2.24) is 4.90 Å². The van der Waals surface area contributed by atoms with E-state index >= 15 is 0 Å². The number of carbonyl (C=O) groups is 1. The maximum atomic E-state index is 12.1. The van der Waals surface area contributed by atoms with E-state index in [4.69, 9.17) is 27.9 Å². The van der Waals surface area contributed by atoms with Crippen LogP contribution in [0.25, 0.3) is 0 Å². The number of carbonyl (C=O) groups excluding carboxylic acids is 1. The summed E-state index contributed by atoms with van der Waals surface area (Å²) in [5, 5.41) is 9.72. The molecule has 0 aliphatic heterocycles. The molecule has 1 N–H and O–H groups in total. The summed E-state index contributed by atoms with van der Waals surface area (Å²) < 4.78 is 4.89. The number of hydrogen-bond acceptors (Lipinski definition) is 3. The van der Waals surface area contributed by atoms with E-state index in [1.807, 2.05) is 0 Å². The summed E-state index contributed by atoms with van der Waals surface area (Å²) in [5.74, 6) is -0.439. The minimum atomic E-state index is -0.336. The van der Waals surface area contributed by atoms with Gasteiger partial charge in [0.25, 0.3) is 5.91 Å². The van der Waals surface area contributed by atoms with Crippen LogP contribution in [0.1, 0.15) is 10.4 Å². The van der Waals surface area contributed by atoms with Crippen molar-refractivity contribution in [1.29, 1.82) is 0 Å². The lowest BCUT2D eigenvalue weighted by Crippen LogP contribution is -2.34. The Morgan fingerprint density at radius 1 is 1.56 bits per heavy atom. The average Bonchev–Trinajstić information content (AvgIpc) is 2.31. The third-order valence-electron chi connectivity index (χ3n) is 2.36. The van der Waals surface area contributed by atoms with Crippen LogP contribution in [0.5, 0.6) is 5.75 Å². The van der Waals surface area contributed by atoms with E-state index in [1.54, 1.807) is 14.2 Å². The molecule has 0 aliphatic rings. The van der Waals surface area contributed by atoms with Gasteiger partial charge >= 0.3 is 0 Å². The second-order valence-corrected chi connectivity index (χ2v) is 4.95. The van der Waals surface area contributed by atoms with Gasteiger partial charge in [0.05, 0.1) is 17.5 Å². The van der Waals surface area contributed by atoms with Gasteiger partial charge in [-0.15, -0.1) is 11.6 Å². The quantitative estimate of drug-likeness (QED) is 0.848. The number of ether oxygens (including phenoxy) is 1. The number of nitrogens with zero attached hydrogens (tertiary/aromatic N) is 1. The Bertz CT molecular complexity index is 426. The first-order valence-electron chi connectivity index (χ1n) is 5.32. The molecule has 1 amide bonds. The Kier molecular flexibility index (Phi) is 5.72. The molecule has 1 unspecified atom stereocenters. The number of phenols is 1. The molecule has 1 rings (SSSR count). The molecule has 0 heterocycles. The van der Waals surface area contributed by atoms with Crippen molar-refractivity contribution < 1.29 is 14.6 Å². The normalized spacial score (nSPS) is 12.2. The molecule has 4 nitrogen and oxygen atoms in total. The highest BCUT2D eigenvalue weighted by atomic mass is 35.5. The highest BCUT2D eigenvalue weighted by molar-refractivity contribution is 6.31. The molecule has 0 spiro atoms. The minimum Gasteiger partial charge on any atom is -0.507 e. The van der Waals surface area contributed by atoms with Crippen molar-refractivity contribution in [2.75, 3.05) is 27.3 Å². The standard InChI is InChI=1S/C12H15Cl2NO3/c1-15(6-9(14)7-18-2)12(17)10-5-8(13)3-4-11(10)16/h3-5,9,16H,6-7H2,1-2H3. The molecule has 0 radical (unpaired) electrons. The van der Waals surface area contributed by atoms with E-state index in [2.05, 4.69) is 0 Å². The van der Waals surface area contributed by atoms with Crippen LogP contribution in [0, 0.1) is 0 Å². The Balaban J connectivity index is 2.77. The Morgan fingerprint density at radius 2 is 2.22 bits per heavy atom. The van der Waals surface area contributed by atoms with Gasteiger partial charge in [-0.2, -0.15) is 0 Å². The van der Waals surface area contributed by atoms with Gasteiger partial charge in [0.1, 0.15) is 5.75 Å². The number of benzene rings is 1. The summed E-state index contributed by atoms with van der Waals surface area (Å²) in [6, 6.07) is 4.33. The third-order valence-corrected chi connectivity index (χ3v) is 2.85. The fourth-order valence-corrected chi connectivity index (χ4v) is 2.00. The second-order valence-electron chi connectivity index (χ2n) is 3.90. The lowest BCUT2D eigenvalue weighted by molar-refractivity contribution is 0.0778. The van der Waals surface area contributed by atoms with Gasteiger partial charge in [-0.1, -0.05) is 11.6 Å². The van der Waals surface area contributed by atoms with Crippen molar-refractivity contribution >= 4 is 29.1 Å². The van der Waals surface area contributed by atoms with Crippen molar-refractivity contribution in [2.24, 2.45) is 0 Å². The first-order valence-corrected chi connectivity index (χ1v) is 6.14. The van der Waals surface area contributed by atoms with Crippen LogP contribution in [-0.2, 0) is 4.74 Å². The maximum Gasteiger partial charge on any atom is 0.257 e. The largest absolute Gasteiger partial charge is 0.507 e. The predicted molar refractivity (Wildman–Crippen MR) is 71.6 cm³/mol. The predicted octanol–water partition coefficient (Wildman–Crippen LogP) is 2.37. The lowest BCUT2D eigenvalue weighted by atomic mass is 10.1. The van der Waals surface area contributed by atoms with Crippen LogP contribution in [-0.4, -0.2) is 48.6 Å². The van der Waals surface area contributed by atoms with Crippen LogP contribution in [0.4, 0.5) is 0 Å². The SMILES string of the molecule is COCC(Cl)CN(C)C(=O)c1cc(Cl)ccc1O. The molecule has 0 fully saturated rings. The maximum absolute atomic E-state index is 12.1. The van der Waals surface area contributed by atoms with Gasteiger partial charge < -0.3 is 14.7 Å². The summed E-state index contributed by atoms with van der Waals surface area (Å²) in [5.41, 5.74) is 0.159. The molecular formula is C12H15Cl2NO3. The summed E-state index contributed by atoms with van der Waals surface area (Å²) in [7, 11) is 3.15. The number of rotatable bonds is 5. The van der Waals surface area contributed by atoms with Crippen molar-refractivity contribution in [3.63, 3.8) is 0 Å². The molecule has 1 aromatic rings. The minimum absolute atomic E-state index is 0.103. The zero-order valence-corrected chi connectivity index (χ0v) is 11.7. The lowest BCUT2D eigenvalue weighted by Gasteiger charge is -2.20. The number of hydrogen-bond donors (Lipinski definition) is 1. The monoisotopic (exact) mass is 291 g/mol. The van der Waals surface area contributed by atoms with Crippen LogP contribution in [0.15, 0.2) is 18.2 Å². The molecule has 1 aromatic carbocycles. The molecule has 0 bridgehead atoms. The molecule has 18 heavy (non-hydrogen) atoms. The van der Waals surface area contributed by atoms with E-state index < -0.39 is 0 Å². The van der Waals surface area contributed by atoms with Crippen molar-refractivity contribution in [2.45, 2.75) is 5.38 Å².